The van der Waals surface area contributed by atoms with Gasteiger partial charge in [0.25, 0.3) is 11.8 Å². The Kier molecular flexibility index (Phi) is 5.13. The molecule has 6 nitrogen and oxygen atoms in total. The van der Waals surface area contributed by atoms with E-state index < -0.39 is 17.8 Å². The summed E-state index contributed by atoms with van der Waals surface area (Å²) in [5, 5.41) is 3.34. The van der Waals surface area contributed by atoms with Crippen LogP contribution in [0.15, 0.2) is 54.2 Å². The first-order valence-electron chi connectivity index (χ1n) is 9.24. The number of halogens is 2. The number of hydrogen-bond acceptors (Lipinski definition) is 3. The van der Waals surface area contributed by atoms with Gasteiger partial charge >= 0.3 is 6.03 Å². The van der Waals surface area contributed by atoms with Gasteiger partial charge in [0.2, 0.25) is 0 Å². The molecule has 0 radical (unpaired) electrons. The van der Waals surface area contributed by atoms with Gasteiger partial charge in [-0.25, -0.2) is 9.69 Å². The highest BCUT2D eigenvalue weighted by Crippen LogP contribution is 2.35. The van der Waals surface area contributed by atoms with Gasteiger partial charge in [0.05, 0.1) is 15.7 Å². The van der Waals surface area contributed by atoms with Gasteiger partial charge in [-0.1, -0.05) is 47.5 Å². The average Bonchev–Trinajstić information content (AvgIpc) is 3.07. The normalized spacial score (nSPS) is 16.1. The molecule has 4 rings (SSSR count). The highest BCUT2D eigenvalue weighted by Gasteiger charge is 2.38. The standard InChI is InChI=1S/C22H17Cl2N3O3/c1-12(2)26-11-13(14-6-3-4-8-17(14)26)10-15-20(28)25-22(30)27(21(15)29)18-9-5-7-16(23)19(18)24/h3-12H,1-2H3,(H,25,28,30)/b15-10+. The summed E-state index contributed by atoms with van der Waals surface area (Å²) in [6, 6.07) is 11.6. The Hall–Kier alpha value is -3.09. The summed E-state index contributed by atoms with van der Waals surface area (Å²) in [4.78, 5) is 38.9. The van der Waals surface area contributed by atoms with Crippen LogP contribution in [0.5, 0.6) is 0 Å². The van der Waals surface area contributed by atoms with Crippen molar-refractivity contribution in [3.8, 4) is 0 Å². The van der Waals surface area contributed by atoms with E-state index in [0.717, 1.165) is 15.8 Å². The predicted octanol–water partition coefficient (Wildman–Crippen LogP) is 5.20. The topological polar surface area (TPSA) is 71.4 Å². The number of carbonyl (C=O) groups is 3. The number of benzene rings is 2. The number of rotatable bonds is 3. The van der Waals surface area contributed by atoms with E-state index in [1.807, 2.05) is 44.3 Å². The van der Waals surface area contributed by atoms with Crippen molar-refractivity contribution in [3.05, 3.63) is 69.8 Å². The molecular weight excluding hydrogens is 425 g/mol. The second kappa shape index (κ2) is 7.63. The van der Waals surface area contributed by atoms with Crippen LogP contribution in [0.2, 0.25) is 10.0 Å². The highest BCUT2D eigenvalue weighted by molar-refractivity contribution is 6.46. The van der Waals surface area contributed by atoms with E-state index in [0.29, 0.717) is 5.56 Å². The van der Waals surface area contributed by atoms with Gasteiger partial charge in [-0.05, 0) is 38.1 Å². The van der Waals surface area contributed by atoms with E-state index in [-0.39, 0.29) is 27.3 Å². The molecule has 8 heteroatoms. The minimum atomic E-state index is -0.879. The molecule has 1 aliphatic rings. The number of urea groups is 1. The van der Waals surface area contributed by atoms with Crippen LogP contribution < -0.4 is 10.2 Å². The van der Waals surface area contributed by atoms with Gasteiger partial charge in [-0.3, -0.25) is 14.9 Å². The summed E-state index contributed by atoms with van der Waals surface area (Å²) < 4.78 is 2.06. The van der Waals surface area contributed by atoms with E-state index in [9.17, 15) is 14.4 Å². The molecule has 30 heavy (non-hydrogen) atoms. The van der Waals surface area contributed by atoms with Crippen molar-refractivity contribution >= 4 is 63.7 Å². The quantitative estimate of drug-likeness (QED) is 0.448. The Morgan fingerprint density at radius 2 is 1.73 bits per heavy atom. The van der Waals surface area contributed by atoms with Gasteiger partial charge < -0.3 is 4.57 Å². The van der Waals surface area contributed by atoms with Crippen LogP contribution in [-0.4, -0.2) is 22.4 Å². The molecule has 3 aromatic rings. The first-order chi connectivity index (χ1) is 14.3. The van der Waals surface area contributed by atoms with Crippen molar-refractivity contribution in [1.82, 2.24) is 9.88 Å². The second-order valence-electron chi connectivity index (χ2n) is 7.13. The third-order valence-corrected chi connectivity index (χ3v) is 5.71. The fourth-order valence-corrected chi connectivity index (χ4v) is 3.85. The van der Waals surface area contributed by atoms with Crippen molar-refractivity contribution in [3.63, 3.8) is 0 Å². The third-order valence-electron chi connectivity index (χ3n) is 4.90. The summed E-state index contributed by atoms with van der Waals surface area (Å²) >= 11 is 12.2. The Morgan fingerprint density at radius 1 is 1.00 bits per heavy atom. The molecule has 0 unspecified atom stereocenters. The number of hydrogen-bond donors (Lipinski definition) is 1. The number of carbonyl (C=O) groups excluding carboxylic acids is 3. The number of fused-ring (bicyclic) bond motifs is 1. The lowest BCUT2D eigenvalue weighted by molar-refractivity contribution is -0.122. The number of amides is 4. The zero-order chi connectivity index (χ0) is 21.6. The lowest BCUT2D eigenvalue weighted by Gasteiger charge is -2.27. The summed E-state index contributed by atoms with van der Waals surface area (Å²) in [6.07, 6.45) is 3.38. The van der Waals surface area contributed by atoms with Crippen LogP contribution in [0.25, 0.3) is 17.0 Å². The number of aromatic nitrogens is 1. The Bertz CT molecular complexity index is 1240. The van der Waals surface area contributed by atoms with Gasteiger partial charge in [0.1, 0.15) is 5.57 Å². The molecular formula is C22H17Cl2N3O3. The SMILES string of the molecule is CC(C)n1cc(/C=C2\C(=O)NC(=O)N(c3cccc(Cl)c3Cl)C2=O)c2ccccc21. The summed E-state index contributed by atoms with van der Waals surface area (Å²) in [6.45, 7) is 4.09. The number of nitrogens with one attached hydrogen (secondary N) is 1. The molecule has 2 aromatic carbocycles. The highest BCUT2D eigenvalue weighted by atomic mass is 35.5. The number of imide groups is 2. The molecule has 1 N–H and O–H groups in total. The van der Waals surface area contributed by atoms with Crippen LogP contribution in [-0.2, 0) is 9.59 Å². The molecule has 1 aliphatic heterocycles. The minimum Gasteiger partial charge on any atom is -0.344 e. The zero-order valence-corrected chi connectivity index (χ0v) is 17.7. The smallest absolute Gasteiger partial charge is 0.336 e. The molecule has 1 fully saturated rings. The van der Waals surface area contributed by atoms with Crippen molar-refractivity contribution in [1.29, 1.82) is 0 Å². The van der Waals surface area contributed by atoms with E-state index in [1.165, 1.54) is 12.1 Å². The maximum Gasteiger partial charge on any atom is 0.336 e. The summed E-state index contributed by atoms with van der Waals surface area (Å²) in [7, 11) is 0. The van der Waals surface area contributed by atoms with E-state index in [2.05, 4.69) is 9.88 Å². The van der Waals surface area contributed by atoms with Crippen LogP contribution in [0.1, 0.15) is 25.5 Å². The Labute approximate surface area is 182 Å². The molecule has 4 amide bonds. The second-order valence-corrected chi connectivity index (χ2v) is 7.92. The fourth-order valence-electron chi connectivity index (χ4n) is 3.47. The maximum absolute atomic E-state index is 13.2. The zero-order valence-electron chi connectivity index (χ0n) is 16.1. The average molecular weight is 442 g/mol. The molecule has 2 heterocycles. The molecule has 152 valence electrons. The van der Waals surface area contributed by atoms with Gasteiger partial charge in [-0.15, -0.1) is 0 Å². The van der Waals surface area contributed by atoms with Crippen LogP contribution in [0.4, 0.5) is 10.5 Å². The number of barbiturate groups is 1. The molecule has 0 spiro atoms. The minimum absolute atomic E-state index is 0.0489. The Balaban J connectivity index is 1.85. The lowest BCUT2D eigenvalue weighted by Crippen LogP contribution is -2.54. The summed E-state index contributed by atoms with van der Waals surface area (Å²) in [5.41, 5.74) is 1.62. The van der Waals surface area contributed by atoms with Gasteiger partial charge in [0, 0.05) is 28.7 Å². The van der Waals surface area contributed by atoms with Crippen molar-refractivity contribution in [2.24, 2.45) is 0 Å². The number of nitrogens with zero attached hydrogens (tertiary/aromatic N) is 2. The van der Waals surface area contributed by atoms with Crippen molar-refractivity contribution in [2.75, 3.05) is 4.90 Å². The van der Waals surface area contributed by atoms with Gasteiger partial charge in [-0.2, -0.15) is 0 Å². The lowest BCUT2D eigenvalue weighted by atomic mass is 10.1. The van der Waals surface area contributed by atoms with Gasteiger partial charge in [0.15, 0.2) is 0 Å². The van der Waals surface area contributed by atoms with Crippen LogP contribution >= 0.6 is 23.2 Å². The molecule has 0 bridgehead atoms. The van der Waals surface area contributed by atoms with E-state index >= 15 is 0 Å². The van der Waals surface area contributed by atoms with Crippen LogP contribution in [0, 0.1) is 0 Å². The fraction of sp³-hybridized carbons (Fsp3) is 0.136. The predicted molar refractivity (Wildman–Crippen MR) is 118 cm³/mol. The summed E-state index contributed by atoms with van der Waals surface area (Å²) in [5.74, 6) is -1.53. The molecule has 0 atom stereocenters. The van der Waals surface area contributed by atoms with Crippen molar-refractivity contribution < 1.29 is 14.4 Å². The molecule has 0 saturated carbocycles. The maximum atomic E-state index is 13.2. The molecule has 0 aliphatic carbocycles. The molecule has 1 saturated heterocycles. The monoisotopic (exact) mass is 441 g/mol. The van der Waals surface area contributed by atoms with Crippen LogP contribution in [0.3, 0.4) is 0 Å². The van der Waals surface area contributed by atoms with Crippen molar-refractivity contribution in [2.45, 2.75) is 19.9 Å². The Morgan fingerprint density at radius 3 is 2.47 bits per heavy atom. The van der Waals surface area contributed by atoms with E-state index in [4.69, 9.17) is 23.2 Å². The van der Waals surface area contributed by atoms with E-state index in [1.54, 1.807) is 12.1 Å². The largest absolute Gasteiger partial charge is 0.344 e. The molecule has 1 aromatic heterocycles. The first kappa shape index (κ1) is 20.2. The third kappa shape index (κ3) is 3.28. The number of para-hydroxylation sites is 1. The first-order valence-corrected chi connectivity index (χ1v) is 10.00. The number of anilines is 1.